The number of allylic oxidation sites excluding steroid dienone is 2. The molecule has 1 heterocycles. The molecule has 39 heavy (non-hydrogen) atoms. The quantitative estimate of drug-likeness (QED) is 0.298. The Morgan fingerprint density at radius 2 is 1.64 bits per heavy atom. The molecular weight excluding hydrogens is 537 g/mol. The molecule has 1 aromatic heterocycles. The van der Waals surface area contributed by atoms with Crippen LogP contribution in [-0.4, -0.2) is 33.6 Å². The van der Waals surface area contributed by atoms with Gasteiger partial charge < -0.3 is 23.5 Å². The van der Waals surface area contributed by atoms with Crippen LogP contribution < -0.4 is 18.9 Å². The average molecular weight is 571 g/mol. The van der Waals surface area contributed by atoms with Gasteiger partial charge in [-0.15, -0.1) is 0 Å². The number of nitrogens with zero attached hydrogens (tertiary/aromatic N) is 1. The van der Waals surface area contributed by atoms with Gasteiger partial charge in [0.2, 0.25) is 0 Å². The molecule has 3 aliphatic rings. The zero-order valence-corrected chi connectivity index (χ0v) is 24.4. The molecule has 0 radical (unpaired) electrons. The van der Waals surface area contributed by atoms with Gasteiger partial charge in [0.25, 0.3) is 0 Å². The lowest BCUT2D eigenvalue weighted by Gasteiger charge is -2.50. The molecule has 0 N–H and O–H groups in total. The van der Waals surface area contributed by atoms with E-state index in [4.69, 9.17) is 46.7 Å². The zero-order chi connectivity index (χ0) is 27.5. The van der Waals surface area contributed by atoms with Crippen LogP contribution >= 0.6 is 23.2 Å². The van der Waals surface area contributed by atoms with Crippen molar-refractivity contribution in [2.45, 2.75) is 44.9 Å². The third kappa shape index (κ3) is 3.93. The standard InChI is InChI=1S/C31H33Cl2NO5/c1-31-13-12-19-18-9-7-17(35-2)14-16(18)6-8-20(19)21(31)10-11-22(31)24-15-23(34-39-24)25-28(36-3)26(32)30(38-5)27(33)29(25)37-4/h7,9,11,14-15,19-21H,6,8,10,12-13H2,1-5H3/t19-,20-,21+,31+/m1/s1. The molecule has 4 atom stereocenters. The van der Waals surface area contributed by atoms with E-state index in [1.165, 1.54) is 30.2 Å². The fourth-order valence-corrected chi connectivity index (χ4v) is 8.31. The summed E-state index contributed by atoms with van der Waals surface area (Å²) in [6, 6.07) is 8.59. The van der Waals surface area contributed by atoms with Gasteiger partial charge in [0.1, 0.15) is 21.5 Å². The Bertz CT molecular complexity index is 1430. The van der Waals surface area contributed by atoms with E-state index in [1.54, 1.807) is 21.3 Å². The molecule has 2 aromatic carbocycles. The Hall–Kier alpha value is -2.83. The van der Waals surface area contributed by atoms with Crippen molar-refractivity contribution in [3.63, 3.8) is 0 Å². The minimum atomic E-state index is 0.0192. The van der Waals surface area contributed by atoms with Crippen molar-refractivity contribution in [3.8, 4) is 34.3 Å². The van der Waals surface area contributed by atoms with Gasteiger partial charge in [0.05, 0.1) is 34.0 Å². The zero-order valence-electron chi connectivity index (χ0n) is 22.9. The van der Waals surface area contributed by atoms with Crippen molar-refractivity contribution in [2.75, 3.05) is 28.4 Å². The van der Waals surface area contributed by atoms with Crippen LogP contribution in [0.5, 0.6) is 23.0 Å². The Balaban J connectivity index is 1.33. The SMILES string of the molecule is COc1ccc2c(c1)CC[C@@H]1[C@@H]2CC[C@]2(C)C(c3cc(-c4c(OC)c(Cl)c(OC)c(Cl)c4OC)no3)=CC[C@@H]12. The minimum Gasteiger partial charge on any atom is -0.497 e. The summed E-state index contributed by atoms with van der Waals surface area (Å²) in [5.41, 5.74) is 5.29. The highest BCUT2D eigenvalue weighted by atomic mass is 35.5. The van der Waals surface area contributed by atoms with E-state index in [2.05, 4.69) is 36.4 Å². The highest BCUT2D eigenvalue weighted by molar-refractivity contribution is 6.40. The van der Waals surface area contributed by atoms with Crippen molar-refractivity contribution in [3.05, 3.63) is 57.3 Å². The summed E-state index contributed by atoms with van der Waals surface area (Å²) in [7, 11) is 6.32. The van der Waals surface area contributed by atoms with Gasteiger partial charge in [-0.1, -0.05) is 47.4 Å². The molecule has 3 aromatic rings. The maximum atomic E-state index is 6.60. The summed E-state index contributed by atoms with van der Waals surface area (Å²) in [6.07, 6.45) is 7.95. The van der Waals surface area contributed by atoms with Gasteiger partial charge >= 0.3 is 0 Å². The first kappa shape index (κ1) is 26.4. The van der Waals surface area contributed by atoms with Gasteiger partial charge in [-0.25, -0.2) is 0 Å². The summed E-state index contributed by atoms with van der Waals surface area (Å²) in [5, 5.41) is 4.95. The smallest absolute Gasteiger partial charge is 0.163 e. The first-order valence-corrected chi connectivity index (χ1v) is 14.1. The van der Waals surface area contributed by atoms with E-state index >= 15 is 0 Å². The van der Waals surface area contributed by atoms with Crippen LogP contribution in [0.3, 0.4) is 0 Å². The fraction of sp³-hybridized carbons (Fsp3) is 0.452. The molecule has 1 saturated carbocycles. The molecule has 0 spiro atoms. The summed E-state index contributed by atoms with van der Waals surface area (Å²) >= 11 is 13.2. The molecular formula is C31H33Cl2NO5. The highest BCUT2D eigenvalue weighted by Crippen LogP contribution is 2.63. The lowest BCUT2D eigenvalue weighted by molar-refractivity contribution is 0.0872. The Kier molecular flexibility index (Phi) is 6.75. The second-order valence-electron chi connectivity index (χ2n) is 11.0. The van der Waals surface area contributed by atoms with Crippen molar-refractivity contribution < 1.29 is 23.5 Å². The highest BCUT2D eigenvalue weighted by Gasteiger charge is 2.52. The first-order valence-electron chi connectivity index (χ1n) is 13.4. The summed E-state index contributed by atoms with van der Waals surface area (Å²) < 4.78 is 28.2. The molecule has 206 valence electrons. The number of halogens is 2. The van der Waals surface area contributed by atoms with Crippen molar-refractivity contribution in [1.82, 2.24) is 5.16 Å². The third-order valence-electron chi connectivity index (χ3n) is 9.41. The summed E-state index contributed by atoms with van der Waals surface area (Å²) in [4.78, 5) is 0. The number of fused-ring (bicyclic) bond motifs is 5. The van der Waals surface area contributed by atoms with Crippen molar-refractivity contribution >= 4 is 28.8 Å². The maximum absolute atomic E-state index is 6.60. The van der Waals surface area contributed by atoms with Crippen LogP contribution in [0.4, 0.5) is 0 Å². The van der Waals surface area contributed by atoms with Crippen LogP contribution in [0, 0.1) is 17.3 Å². The number of aromatic nitrogens is 1. The predicted molar refractivity (Wildman–Crippen MR) is 153 cm³/mol. The lowest BCUT2D eigenvalue weighted by atomic mass is 9.54. The lowest BCUT2D eigenvalue weighted by Crippen LogP contribution is -2.40. The summed E-state index contributed by atoms with van der Waals surface area (Å²) in [5.74, 6) is 4.54. The topological polar surface area (TPSA) is 63.0 Å². The largest absolute Gasteiger partial charge is 0.497 e. The van der Waals surface area contributed by atoms with Crippen LogP contribution in [0.15, 0.2) is 34.9 Å². The molecule has 6 rings (SSSR count). The monoisotopic (exact) mass is 569 g/mol. The predicted octanol–water partition coefficient (Wildman–Crippen LogP) is 8.23. The molecule has 0 bridgehead atoms. The second kappa shape index (κ2) is 9.97. The number of methoxy groups -OCH3 is 4. The van der Waals surface area contributed by atoms with E-state index in [1.807, 2.05) is 6.07 Å². The van der Waals surface area contributed by atoms with E-state index in [0.29, 0.717) is 40.5 Å². The van der Waals surface area contributed by atoms with E-state index in [9.17, 15) is 0 Å². The number of hydrogen-bond acceptors (Lipinski definition) is 6. The first-order chi connectivity index (χ1) is 18.9. The molecule has 3 aliphatic carbocycles. The van der Waals surface area contributed by atoms with Crippen molar-refractivity contribution in [1.29, 1.82) is 0 Å². The Morgan fingerprint density at radius 3 is 2.31 bits per heavy atom. The number of hydrogen-bond donors (Lipinski definition) is 0. The molecule has 8 heteroatoms. The normalized spacial score (nSPS) is 25.3. The van der Waals surface area contributed by atoms with Gasteiger partial charge in [-0.3, -0.25) is 0 Å². The summed E-state index contributed by atoms with van der Waals surface area (Å²) in [6.45, 7) is 2.40. The van der Waals surface area contributed by atoms with Crippen LogP contribution in [-0.2, 0) is 6.42 Å². The molecule has 0 aliphatic heterocycles. The number of aryl methyl sites for hydroxylation is 1. The van der Waals surface area contributed by atoms with E-state index < -0.39 is 0 Å². The average Bonchev–Trinajstić information content (AvgIpc) is 3.56. The Morgan fingerprint density at radius 1 is 0.923 bits per heavy atom. The second-order valence-corrected chi connectivity index (χ2v) is 11.7. The van der Waals surface area contributed by atoms with Crippen LogP contribution in [0.2, 0.25) is 10.0 Å². The van der Waals surface area contributed by atoms with Crippen molar-refractivity contribution in [2.24, 2.45) is 17.3 Å². The van der Waals surface area contributed by atoms with Gasteiger partial charge in [-0.2, -0.15) is 0 Å². The van der Waals surface area contributed by atoms with E-state index in [-0.39, 0.29) is 21.2 Å². The molecule has 0 unspecified atom stereocenters. The van der Waals surface area contributed by atoms with Gasteiger partial charge in [0.15, 0.2) is 23.0 Å². The number of rotatable bonds is 6. The number of benzene rings is 2. The van der Waals surface area contributed by atoms with Crippen LogP contribution in [0.1, 0.15) is 55.4 Å². The van der Waals surface area contributed by atoms with Crippen LogP contribution in [0.25, 0.3) is 16.8 Å². The number of ether oxygens (including phenoxy) is 4. The Labute approximate surface area is 239 Å². The molecule has 1 fully saturated rings. The van der Waals surface area contributed by atoms with Gasteiger partial charge in [0, 0.05) is 6.07 Å². The molecule has 6 nitrogen and oxygen atoms in total. The third-order valence-corrected chi connectivity index (χ3v) is 10.1. The van der Waals surface area contributed by atoms with E-state index in [0.717, 1.165) is 37.2 Å². The van der Waals surface area contributed by atoms with Gasteiger partial charge in [-0.05, 0) is 84.1 Å². The molecule has 0 amide bonds. The minimum absolute atomic E-state index is 0.0192. The maximum Gasteiger partial charge on any atom is 0.163 e. The molecule has 0 saturated heterocycles. The fourth-order valence-electron chi connectivity index (χ4n) is 7.58.